The van der Waals surface area contributed by atoms with Crippen molar-refractivity contribution in [2.24, 2.45) is 0 Å². The predicted molar refractivity (Wildman–Crippen MR) is 148 cm³/mol. The van der Waals surface area contributed by atoms with Crippen LogP contribution in [0.3, 0.4) is 0 Å². The molecule has 2 aromatic heterocycles. The van der Waals surface area contributed by atoms with E-state index in [1.165, 1.54) is 30.5 Å². The first kappa shape index (κ1) is 23.4. The summed E-state index contributed by atoms with van der Waals surface area (Å²) in [6.07, 6.45) is 3.18. The largest absolute Gasteiger partial charge is 0.292 e. The number of hydrazine groups is 1. The maximum Gasteiger partial charge on any atom is 0.292 e. The lowest BCUT2D eigenvalue weighted by Crippen LogP contribution is -2.11. The van der Waals surface area contributed by atoms with Gasteiger partial charge < -0.3 is 0 Å². The van der Waals surface area contributed by atoms with E-state index < -0.39 is 9.84 Å². The van der Waals surface area contributed by atoms with Crippen LogP contribution in [0.5, 0.6) is 0 Å². The van der Waals surface area contributed by atoms with Gasteiger partial charge in [0.2, 0.25) is 9.84 Å². The van der Waals surface area contributed by atoms with E-state index >= 15 is 0 Å². The van der Waals surface area contributed by atoms with Crippen molar-refractivity contribution in [2.45, 2.75) is 9.92 Å². The number of anilines is 1. The van der Waals surface area contributed by atoms with Gasteiger partial charge in [-0.15, -0.1) is 5.43 Å². The zero-order valence-electron chi connectivity index (χ0n) is 20.0. The van der Waals surface area contributed by atoms with Crippen LogP contribution in [-0.2, 0) is 9.84 Å². The van der Waals surface area contributed by atoms with Gasteiger partial charge in [0.05, 0.1) is 15.3 Å². The summed E-state index contributed by atoms with van der Waals surface area (Å²) in [6, 6.07) is 31.9. The fourth-order valence-corrected chi connectivity index (χ4v) is 5.89. The van der Waals surface area contributed by atoms with Crippen LogP contribution in [-0.4, -0.2) is 23.3 Å². The van der Waals surface area contributed by atoms with Gasteiger partial charge in [-0.1, -0.05) is 60.7 Å². The topological polar surface area (TPSA) is 92.0 Å². The molecular weight excluding hydrogens is 496 g/mol. The van der Waals surface area contributed by atoms with Gasteiger partial charge >= 0.3 is 0 Å². The standard InChI is InChI=1S/C30H21N4O3S/c35-34(33-27-12-4-9-22-13-14-23-10-5-19-31-29(23)28(22)27)24-15-17-25(18-16-24)38(36,37)30-26(11-6-20-32-30)21-7-2-1-3-8-21/h1-20H,(H,33,35)/q+1. The Morgan fingerprint density at radius 1 is 0.658 bits per heavy atom. The zero-order chi connectivity index (χ0) is 26.1. The van der Waals surface area contributed by atoms with E-state index in [4.69, 9.17) is 0 Å². The maximum absolute atomic E-state index is 13.5. The second-order valence-electron chi connectivity index (χ2n) is 8.67. The molecule has 2 heterocycles. The van der Waals surface area contributed by atoms with Crippen molar-refractivity contribution in [1.29, 1.82) is 0 Å². The minimum Gasteiger partial charge on any atom is -0.256 e. The molecule has 0 saturated heterocycles. The molecule has 0 aliphatic rings. The number of nitrogens with one attached hydrogen (secondary N) is 1. The summed E-state index contributed by atoms with van der Waals surface area (Å²) in [5.41, 5.74) is 5.79. The molecule has 0 amide bonds. The Morgan fingerprint density at radius 2 is 1.37 bits per heavy atom. The molecule has 184 valence electrons. The number of fused-ring (bicyclic) bond motifs is 3. The fourth-order valence-electron chi connectivity index (χ4n) is 4.50. The summed E-state index contributed by atoms with van der Waals surface area (Å²) in [6.45, 7) is 0. The van der Waals surface area contributed by atoms with E-state index in [0.717, 1.165) is 27.2 Å². The summed E-state index contributed by atoms with van der Waals surface area (Å²) in [7, 11) is -3.93. The number of aromatic nitrogens is 2. The van der Waals surface area contributed by atoms with Crippen molar-refractivity contribution < 1.29 is 13.3 Å². The Kier molecular flexibility index (Phi) is 5.86. The molecule has 8 heteroatoms. The summed E-state index contributed by atoms with van der Waals surface area (Å²) in [5, 5.41) is 2.70. The molecule has 7 nitrogen and oxygen atoms in total. The second kappa shape index (κ2) is 9.49. The van der Waals surface area contributed by atoms with Gasteiger partial charge in [-0.25, -0.2) is 13.4 Å². The lowest BCUT2D eigenvalue weighted by Gasteiger charge is -2.10. The van der Waals surface area contributed by atoms with Gasteiger partial charge in [0.25, 0.3) is 5.69 Å². The maximum atomic E-state index is 13.5. The minimum absolute atomic E-state index is 0.0359. The molecule has 1 N–H and O–H groups in total. The van der Waals surface area contributed by atoms with E-state index in [2.05, 4.69) is 15.4 Å². The molecule has 6 aromatic rings. The van der Waals surface area contributed by atoms with Gasteiger partial charge in [0.15, 0.2) is 9.89 Å². The Morgan fingerprint density at radius 3 is 2.18 bits per heavy atom. The fraction of sp³-hybridized carbons (Fsp3) is 0. The third-order valence-electron chi connectivity index (χ3n) is 6.33. The second-order valence-corrected chi connectivity index (χ2v) is 10.5. The Bertz CT molecular complexity index is 1920. The molecule has 0 spiro atoms. The van der Waals surface area contributed by atoms with Crippen molar-refractivity contribution >= 4 is 42.9 Å². The average Bonchev–Trinajstić information content (AvgIpc) is 2.97. The van der Waals surface area contributed by atoms with Crippen molar-refractivity contribution in [1.82, 2.24) is 9.97 Å². The van der Waals surface area contributed by atoms with Crippen molar-refractivity contribution in [2.75, 3.05) is 5.43 Å². The molecule has 0 aliphatic carbocycles. The first-order chi connectivity index (χ1) is 18.5. The third kappa shape index (κ3) is 4.16. The van der Waals surface area contributed by atoms with Crippen molar-refractivity contribution in [3.8, 4) is 11.1 Å². The van der Waals surface area contributed by atoms with Gasteiger partial charge in [-0.2, -0.15) is 0 Å². The SMILES string of the molecule is O=[N+](Nc1cccc2ccc3cccnc3c12)c1ccc(S(=O)(=O)c2ncccc2-c2ccccc2)cc1. The first-order valence-corrected chi connectivity index (χ1v) is 13.4. The molecule has 38 heavy (non-hydrogen) atoms. The predicted octanol–water partition coefficient (Wildman–Crippen LogP) is 6.72. The zero-order valence-corrected chi connectivity index (χ0v) is 20.8. The van der Waals surface area contributed by atoms with E-state index in [1.54, 1.807) is 18.3 Å². The monoisotopic (exact) mass is 517 g/mol. The smallest absolute Gasteiger partial charge is 0.256 e. The van der Waals surface area contributed by atoms with Gasteiger partial charge in [-0.05, 0) is 47.3 Å². The Balaban J connectivity index is 1.32. The van der Waals surface area contributed by atoms with E-state index in [-0.39, 0.29) is 15.6 Å². The Labute approximate surface area is 218 Å². The highest BCUT2D eigenvalue weighted by molar-refractivity contribution is 7.91. The van der Waals surface area contributed by atoms with Crippen molar-refractivity contribution in [3.05, 3.63) is 126 Å². The van der Waals surface area contributed by atoms with Crippen LogP contribution >= 0.6 is 0 Å². The number of sulfone groups is 1. The number of hydrogen-bond acceptors (Lipinski definition) is 5. The first-order valence-electron chi connectivity index (χ1n) is 11.9. The van der Waals surface area contributed by atoms with Crippen LogP contribution in [0, 0.1) is 4.91 Å². The highest BCUT2D eigenvalue weighted by Crippen LogP contribution is 2.32. The van der Waals surface area contributed by atoms with Crippen molar-refractivity contribution in [3.63, 3.8) is 0 Å². The molecule has 0 aliphatic heterocycles. The molecule has 4 aromatic carbocycles. The number of benzene rings is 4. The summed E-state index contributed by atoms with van der Waals surface area (Å²) >= 11 is 0. The van der Waals surface area contributed by atoms with Crippen LogP contribution < -0.4 is 5.43 Å². The number of rotatable bonds is 6. The summed E-state index contributed by atoms with van der Waals surface area (Å²) in [5.74, 6) is 0. The highest BCUT2D eigenvalue weighted by Gasteiger charge is 2.25. The van der Waals surface area contributed by atoms with E-state index in [1.807, 2.05) is 72.8 Å². The molecule has 0 unspecified atom stereocenters. The van der Waals surface area contributed by atoms with Crippen LogP contribution in [0.25, 0.3) is 32.8 Å². The minimum atomic E-state index is -3.93. The Hall–Kier alpha value is -4.95. The molecule has 0 bridgehead atoms. The molecule has 6 rings (SSSR count). The summed E-state index contributed by atoms with van der Waals surface area (Å²) < 4.78 is 27.0. The van der Waals surface area contributed by atoms with E-state index in [0.29, 0.717) is 16.1 Å². The number of hydrogen-bond donors (Lipinski definition) is 1. The number of nitroso groups, excluding NO2 is 1. The normalized spacial score (nSPS) is 11.5. The van der Waals surface area contributed by atoms with Crippen LogP contribution in [0.15, 0.2) is 132 Å². The molecule has 0 atom stereocenters. The van der Waals surface area contributed by atoms with E-state index in [9.17, 15) is 13.3 Å². The molecule has 0 fully saturated rings. The summed E-state index contributed by atoms with van der Waals surface area (Å²) in [4.78, 5) is 22.5. The average molecular weight is 518 g/mol. The van der Waals surface area contributed by atoms with Gasteiger partial charge in [0.1, 0.15) is 5.69 Å². The number of nitrogens with zero attached hydrogens (tertiary/aromatic N) is 3. The quantitative estimate of drug-likeness (QED) is 0.150. The van der Waals surface area contributed by atoms with Gasteiger partial charge in [-0.3, -0.25) is 4.98 Å². The lowest BCUT2D eigenvalue weighted by atomic mass is 10.0. The highest BCUT2D eigenvalue weighted by atomic mass is 32.2. The lowest BCUT2D eigenvalue weighted by molar-refractivity contribution is -0.427. The van der Waals surface area contributed by atoms with Crippen LogP contribution in [0.2, 0.25) is 0 Å². The molecule has 0 saturated carbocycles. The van der Waals surface area contributed by atoms with Crippen LogP contribution in [0.1, 0.15) is 0 Å². The molecule has 0 radical (unpaired) electrons. The number of pyridine rings is 2. The third-order valence-corrected chi connectivity index (χ3v) is 8.06. The van der Waals surface area contributed by atoms with Gasteiger partial charge in [0, 0.05) is 40.9 Å². The van der Waals surface area contributed by atoms with Crippen LogP contribution in [0.4, 0.5) is 11.4 Å². The molecular formula is C30H21N4O3S+.